The Kier molecular flexibility index (Phi) is 3.53. The van der Waals surface area contributed by atoms with Gasteiger partial charge in [-0.1, -0.05) is 19.1 Å². The summed E-state index contributed by atoms with van der Waals surface area (Å²) < 4.78 is 3.56. The van der Waals surface area contributed by atoms with Crippen molar-refractivity contribution in [3.8, 4) is 5.69 Å². The molecule has 0 radical (unpaired) electrons. The largest absolute Gasteiger partial charge is 0.311 e. The molecule has 0 saturated carbocycles. The van der Waals surface area contributed by atoms with E-state index in [-0.39, 0.29) is 0 Å². The fourth-order valence-corrected chi connectivity index (χ4v) is 1.60. The van der Waals surface area contributed by atoms with Crippen LogP contribution in [-0.4, -0.2) is 31.3 Å². The van der Waals surface area contributed by atoms with Gasteiger partial charge in [0, 0.05) is 13.6 Å². The number of nitrogens with zero attached hydrogens (tertiary/aromatic N) is 5. The fourth-order valence-electron chi connectivity index (χ4n) is 1.60. The lowest BCUT2D eigenvalue weighted by atomic mass is 10.2. The Morgan fingerprint density at radius 3 is 2.82 bits per heavy atom. The van der Waals surface area contributed by atoms with Gasteiger partial charge in [0.15, 0.2) is 0 Å². The lowest BCUT2D eigenvalue weighted by Gasteiger charge is -2.07. The minimum Gasteiger partial charge on any atom is -0.311 e. The van der Waals surface area contributed by atoms with E-state index in [0.29, 0.717) is 5.92 Å². The van der Waals surface area contributed by atoms with Gasteiger partial charge in [-0.2, -0.15) is 5.10 Å². The normalized spacial score (nSPS) is 11.3. The molecule has 2 heterocycles. The van der Waals surface area contributed by atoms with Gasteiger partial charge in [-0.25, -0.2) is 4.68 Å². The topological polar surface area (TPSA) is 60.6 Å². The average molecular weight is 234 g/mol. The number of hydrogen-bond donors (Lipinski definition) is 1. The van der Waals surface area contributed by atoms with E-state index in [4.69, 9.17) is 0 Å². The van der Waals surface area contributed by atoms with Gasteiger partial charge in [-0.15, -0.1) is 5.10 Å². The monoisotopic (exact) mass is 234 g/mol. The third kappa shape index (κ3) is 2.91. The van der Waals surface area contributed by atoms with Crippen LogP contribution in [0.4, 0.5) is 0 Å². The molecule has 0 fully saturated rings. The third-order valence-corrected chi connectivity index (χ3v) is 2.41. The predicted molar refractivity (Wildman–Crippen MR) is 64.7 cm³/mol. The van der Waals surface area contributed by atoms with Gasteiger partial charge in [0.05, 0.1) is 24.3 Å². The van der Waals surface area contributed by atoms with Crippen molar-refractivity contribution in [2.45, 2.75) is 20.4 Å². The third-order valence-electron chi connectivity index (χ3n) is 2.41. The second-order valence-electron chi connectivity index (χ2n) is 4.53. The number of hydrogen-bond acceptors (Lipinski definition) is 4. The summed E-state index contributed by atoms with van der Waals surface area (Å²) in [5.74, 6) is 0.637. The van der Waals surface area contributed by atoms with Gasteiger partial charge in [0.25, 0.3) is 0 Å². The van der Waals surface area contributed by atoms with Crippen LogP contribution < -0.4 is 5.32 Å². The second kappa shape index (κ2) is 5.09. The summed E-state index contributed by atoms with van der Waals surface area (Å²) in [4.78, 5) is 0. The van der Waals surface area contributed by atoms with Crippen molar-refractivity contribution < 1.29 is 0 Å². The molecule has 0 aliphatic carbocycles. The minimum atomic E-state index is 0.637. The first-order chi connectivity index (χ1) is 8.16. The molecule has 0 atom stereocenters. The molecule has 6 nitrogen and oxygen atoms in total. The van der Waals surface area contributed by atoms with Crippen molar-refractivity contribution in [1.82, 2.24) is 30.1 Å². The molecule has 2 aromatic rings. The van der Waals surface area contributed by atoms with Gasteiger partial charge < -0.3 is 5.32 Å². The molecule has 17 heavy (non-hydrogen) atoms. The van der Waals surface area contributed by atoms with Crippen LogP contribution >= 0.6 is 0 Å². The number of rotatable bonds is 5. The van der Waals surface area contributed by atoms with Crippen molar-refractivity contribution in [3.05, 3.63) is 24.3 Å². The Labute approximate surface area is 101 Å². The SMILES string of the molecule is CC(C)CNCc1cnnn1-c1cnn(C)c1. The lowest BCUT2D eigenvalue weighted by Crippen LogP contribution is -2.20. The van der Waals surface area contributed by atoms with Crippen molar-refractivity contribution in [2.75, 3.05) is 6.54 Å². The molecule has 0 unspecified atom stereocenters. The maximum Gasteiger partial charge on any atom is 0.105 e. The Morgan fingerprint density at radius 2 is 2.18 bits per heavy atom. The van der Waals surface area contributed by atoms with Gasteiger partial charge in [0.1, 0.15) is 5.69 Å². The molecule has 0 spiro atoms. The van der Waals surface area contributed by atoms with E-state index in [2.05, 4.69) is 34.6 Å². The Balaban J connectivity index is 2.07. The van der Waals surface area contributed by atoms with Crippen LogP contribution in [0.15, 0.2) is 18.6 Å². The Hall–Kier alpha value is -1.69. The van der Waals surface area contributed by atoms with Crippen molar-refractivity contribution >= 4 is 0 Å². The van der Waals surface area contributed by atoms with Crippen LogP contribution in [0.5, 0.6) is 0 Å². The molecular weight excluding hydrogens is 216 g/mol. The smallest absolute Gasteiger partial charge is 0.105 e. The molecule has 2 rings (SSSR count). The number of aryl methyl sites for hydroxylation is 1. The number of nitrogens with one attached hydrogen (secondary N) is 1. The zero-order valence-corrected chi connectivity index (χ0v) is 10.5. The molecule has 1 N–H and O–H groups in total. The molecule has 2 aromatic heterocycles. The van der Waals surface area contributed by atoms with Gasteiger partial charge in [-0.05, 0) is 12.5 Å². The Bertz CT molecular complexity index is 470. The van der Waals surface area contributed by atoms with Gasteiger partial charge in [0.2, 0.25) is 0 Å². The van der Waals surface area contributed by atoms with Crippen LogP contribution in [0.25, 0.3) is 5.69 Å². The molecule has 92 valence electrons. The minimum absolute atomic E-state index is 0.637. The molecule has 0 bridgehead atoms. The second-order valence-corrected chi connectivity index (χ2v) is 4.53. The number of aromatic nitrogens is 5. The molecule has 0 aliphatic rings. The van der Waals surface area contributed by atoms with Crippen molar-refractivity contribution in [2.24, 2.45) is 13.0 Å². The first-order valence-corrected chi connectivity index (χ1v) is 5.76. The van der Waals surface area contributed by atoms with E-state index in [1.807, 2.05) is 13.2 Å². The van der Waals surface area contributed by atoms with Gasteiger partial charge in [-0.3, -0.25) is 4.68 Å². The highest BCUT2D eigenvalue weighted by Crippen LogP contribution is 2.07. The highest BCUT2D eigenvalue weighted by Gasteiger charge is 2.07. The van der Waals surface area contributed by atoms with Crippen molar-refractivity contribution in [3.63, 3.8) is 0 Å². The quantitative estimate of drug-likeness (QED) is 0.829. The molecule has 0 saturated heterocycles. The Morgan fingerprint density at radius 1 is 1.35 bits per heavy atom. The van der Waals surface area contributed by atoms with Crippen LogP contribution in [0.2, 0.25) is 0 Å². The molecule has 0 amide bonds. The maximum atomic E-state index is 4.13. The summed E-state index contributed by atoms with van der Waals surface area (Å²) in [5, 5.41) is 15.5. The average Bonchev–Trinajstić information content (AvgIpc) is 2.86. The summed E-state index contributed by atoms with van der Waals surface area (Å²) in [5.41, 5.74) is 1.98. The zero-order chi connectivity index (χ0) is 12.3. The zero-order valence-electron chi connectivity index (χ0n) is 10.5. The highest BCUT2D eigenvalue weighted by molar-refractivity contribution is 5.25. The first-order valence-electron chi connectivity index (χ1n) is 5.76. The highest BCUT2D eigenvalue weighted by atomic mass is 15.4. The van der Waals surface area contributed by atoms with Crippen LogP contribution in [-0.2, 0) is 13.6 Å². The first kappa shape index (κ1) is 11.8. The van der Waals surface area contributed by atoms with E-state index < -0.39 is 0 Å². The molecule has 0 aliphatic heterocycles. The molecule has 6 heteroatoms. The van der Waals surface area contributed by atoms with Crippen LogP contribution in [0, 0.1) is 5.92 Å². The fraction of sp³-hybridized carbons (Fsp3) is 0.545. The molecule has 0 aromatic carbocycles. The van der Waals surface area contributed by atoms with Crippen LogP contribution in [0.1, 0.15) is 19.5 Å². The van der Waals surface area contributed by atoms with E-state index >= 15 is 0 Å². The molecular formula is C11H18N6. The summed E-state index contributed by atoms with van der Waals surface area (Å²) in [6.45, 7) is 6.12. The van der Waals surface area contributed by atoms with E-state index in [1.165, 1.54) is 0 Å². The summed E-state index contributed by atoms with van der Waals surface area (Å²) >= 11 is 0. The van der Waals surface area contributed by atoms with Crippen LogP contribution in [0.3, 0.4) is 0 Å². The van der Waals surface area contributed by atoms with Crippen molar-refractivity contribution in [1.29, 1.82) is 0 Å². The van der Waals surface area contributed by atoms with E-state index in [9.17, 15) is 0 Å². The summed E-state index contributed by atoms with van der Waals surface area (Å²) in [6, 6.07) is 0. The summed E-state index contributed by atoms with van der Waals surface area (Å²) in [7, 11) is 1.89. The van der Waals surface area contributed by atoms with E-state index in [1.54, 1.807) is 21.8 Å². The lowest BCUT2D eigenvalue weighted by molar-refractivity contribution is 0.542. The predicted octanol–water partition coefficient (Wildman–Crippen LogP) is 0.746. The van der Waals surface area contributed by atoms with E-state index in [0.717, 1.165) is 24.5 Å². The summed E-state index contributed by atoms with van der Waals surface area (Å²) in [6.07, 6.45) is 5.47. The van der Waals surface area contributed by atoms with Gasteiger partial charge >= 0.3 is 0 Å². The maximum absolute atomic E-state index is 4.13. The standard InChI is InChI=1S/C11H18N6/c1-9(2)4-12-5-10-6-13-15-17(10)11-7-14-16(3)8-11/h6-9,12H,4-5H2,1-3H3.